The summed E-state index contributed by atoms with van der Waals surface area (Å²) in [5.74, 6) is -0.378. The maximum Gasteiger partial charge on any atom is 2.00 e. The monoisotopic (exact) mass is 193 g/mol. The van der Waals surface area contributed by atoms with Crippen molar-refractivity contribution in [2.75, 3.05) is 6.61 Å². The number of carboxylic acids is 1. The Balaban J connectivity index is 0.000001000. The largest absolute Gasteiger partial charge is 2.00 e. The first-order valence-electron chi connectivity index (χ1n) is 3.12. The average molecular weight is 193 g/mol. The fourth-order valence-electron chi connectivity index (χ4n) is 1.12. The van der Waals surface area contributed by atoms with Crippen LogP contribution >= 0.6 is 0 Å². The number of aliphatic hydroxyl groups excluding tert-OH is 1. The second-order valence-electron chi connectivity index (χ2n) is 2.92. The van der Waals surface area contributed by atoms with Gasteiger partial charge in [-0.05, 0) is 0 Å². The standard InChI is InChI=1S/C7H10O3.V/c1-7(4-8)2-5(3-7)6(9)10;/h8H,1-4H2,(H,9,10);/q-2;+2. The van der Waals surface area contributed by atoms with E-state index >= 15 is 0 Å². The Kier molecular flexibility index (Phi) is 3.48. The van der Waals surface area contributed by atoms with Crippen LogP contribution in [0.5, 0.6) is 0 Å². The fraction of sp³-hybridized carbons (Fsp3) is 0.571. The van der Waals surface area contributed by atoms with Gasteiger partial charge in [-0.2, -0.15) is 18.3 Å². The smallest absolute Gasteiger partial charge is 0.503 e. The third-order valence-electron chi connectivity index (χ3n) is 1.81. The molecule has 1 saturated carbocycles. The summed E-state index contributed by atoms with van der Waals surface area (Å²) in [7, 11) is 0. The Labute approximate surface area is 77.7 Å². The maximum atomic E-state index is 10.2. The van der Waals surface area contributed by atoms with Crippen LogP contribution < -0.4 is 0 Å². The molecule has 0 spiro atoms. The molecule has 0 saturated heterocycles. The Bertz CT molecular complexity index is 152. The molecule has 0 aromatic rings. The summed E-state index contributed by atoms with van der Waals surface area (Å²) in [5, 5.41) is 17.1. The van der Waals surface area contributed by atoms with Crippen LogP contribution in [0.4, 0.5) is 0 Å². The van der Waals surface area contributed by atoms with E-state index in [1.807, 2.05) is 0 Å². The third-order valence-corrected chi connectivity index (χ3v) is 1.81. The molecule has 1 aliphatic rings. The molecule has 0 bridgehead atoms. The van der Waals surface area contributed by atoms with E-state index in [0.29, 0.717) is 18.8 Å². The molecule has 1 rings (SSSR count). The number of aliphatic hydroxyl groups is 1. The SMILES string of the molecule is [CH2-]C1(CO)C[C-](C(=O)O)C1.[V+2]. The van der Waals surface area contributed by atoms with Gasteiger partial charge in [-0.1, -0.05) is 0 Å². The number of rotatable bonds is 2. The first-order chi connectivity index (χ1) is 4.57. The van der Waals surface area contributed by atoms with Crippen LogP contribution in [-0.4, -0.2) is 22.8 Å². The normalized spacial score (nSPS) is 20.0. The molecule has 0 atom stereocenters. The van der Waals surface area contributed by atoms with Gasteiger partial charge in [-0.3, -0.25) is 10.7 Å². The average Bonchev–Trinajstić information content (AvgIpc) is 1.80. The molecule has 61 valence electrons. The van der Waals surface area contributed by atoms with Gasteiger partial charge >= 0.3 is 18.6 Å². The molecule has 1 fully saturated rings. The van der Waals surface area contributed by atoms with E-state index in [2.05, 4.69) is 6.92 Å². The minimum absolute atomic E-state index is 0. The van der Waals surface area contributed by atoms with Crippen molar-refractivity contribution in [1.82, 2.24) is 0 Å². The molecule has 0 aliphatic heterocycles. The Morgan fingerprint density at radius 2 is 2.09 bits per heavy atom. The molecule has 11 heavy (non-hydrogen) atoms. The molecular weight excluding hydrogens is 183 g/mol. The van der Waals surface area contributed by atoms with Crippen LogP contribution in [0.15, 0.2) is 0 Å². The molecule has 0 amide bonds. The summed E-state index contributed by atoms with van der Waals surface area (Å²) in [4.78, 5) is 10.2. The molecule has 0 aromatic carbocycles. The summed E-state index contributed by atoms with van der Waals surface area (Å²) in [6, 6.07) is 0. The molecule has 2 N–H and O–H groups in total. The fourth-order valence-corrected chi connectivity index (χ4v) is 1.12. The minimum atomic E-state index is -0.854. The predicted octanol–water partition coefficient (Wildman–Crippen LogP) is 0.250. The van der Waals surface area contributed by atoms with Crippen molar-refractivity contribution < 1.29 is 33.6 Å². The summed E-state index contributed by atoms with van der Waals surface area (Å²) >= 11 is 0. The van der Waals surface area contributed by atoms with Crippen LogP contribution in [0.1, 0.15) is 12.8 Å². The Hall–Kier alpha value is -0.116. The van der Waals surface area contributed by atoms with E-state index in [9.17, 15) is 4.79 Å². The van der Waals surface area contributed by atoms with Crippen LogP contribution in [0.25, 0.3) is 0 Å². The van der Waals surface area contributed by atoms with E-state index in [1.54, 1.807) is 0 Å². The maximum absolute atomic E-state index is 10.2. The van der Waals surface area contributed by atoms with Gasteiger partial charge in [0.15, 0.2) is 5.97 Å². The van der Waals surface area contributed by atoms with Crippen LogP contribution in [-0.2, 0) is 23.4 Å². The summed E-state index contributed by atoms with van der Waals surface area (Å²) in [5.41, 5.74) is -0.395. The van der Waals surface area contributed by atoms with E-state index < -0.39 is 11.4 Å². The molecule has 4 heteroatoms. The van der Waals surface area contributed by atoms with E-state index in [1.165, 1.54) is 0 Å². The summed E-state index contributed by atoms with van der Waals surface area (Å²) < 4.78 is 0. The summed E-state index contributed by atoms with van der Waals surface area (Å²) in [6.07, 6.45) is 0.859. The van der Waals surface area contributed by atoms with Gasteiger partial charge in [0.2, 0.25) is 0 Å². The van der Waals surface area contributed by atoms with Gasteiger partial charge in [0.05, 0.1) is 0 Å². The molecule has 0 aromatic heterocycles. The Morgan fingerprint density at radius 1 is 1.64 bits per heavy atom. The third kappa shape index (κ3) is 2.16. The topological polar surface area (TPSA) is 57.5 Å². The zero-order chi connectivity index (χ0) is 7.78. The second kappa shape index (κ2) is 3.52. The van der Waals surface area contributed by atoms with Crippen molar-refractivity contribution in [1.29, 1.82) is 0 Å². The number of hydrogen-bond acceptors (Lipinski definition) is 2. The van der Waals surface area contributed by atoms with Crippen molar-refractivity contribution >= 4 is 5.97 Å². The first-order valence-corrected chi connectivity index (χ1v) is 3.12. The van der Waals surface area contributed by atoms with Crippen LogP contribution in [0, 0.1) is 18.3 Å². The summed E-state index contributed by atoms with van der Waals surface area (Å²) in [6.45, 7) is 3.67. The molecule has 1 radical (unpaired) electrons. The Morgan fingerprint density at radius 3 is 2.36 bits per heavy atom. The zero-order valence-electron chi connectivity index (χ0n) is 6.08. The minimum Gasteiger partial charge on any atom is -0.503 e. The van der Waals surface area contributed by atoms with E-state index in [-0.39, 0.29) is 25.2 Å². The van der Waals surface area contributed by atoms with Gasteiger partial charge in [0.25, 0.3) is 0 Å². The van der Waals surface area contributed by atoms with Crippen molar-refractivity contribution in [3.8, 4) is 0 Å². The quantitative estimate of drug-likeness (QED) is 0.618. The molecule has 0 heterocycles. The van der Waals surface area contributed by atoms with Crippen molar-refractivity contribution in [3.63, 3.8) is 0 Å². The van der Waals surface area contributed by atoms with Gasteiger partial charge in [0, 0.05) is 6.61 Å². The molecule has 1 aliphatic carbocycles. The van der Waals surface area contributed by atoms with E-state index in [0.717, 1.165) is 0 Å². The van der Waals surface area contributed by atoms with Crippen molar-refractivity contribution in [2.24, 2.45) is 5.41 Å². The van der Waals surface area contributed by atoms with Gasteiger partial charge in [-0.25, -0.2) is 0 Å². The van der Waals surface area contributed by atoms with Crippen LogP contribution in [0.3, 0.4) is 0 Å². The van der Waals surface area contributed by atoms with E-state index in [4.69, 9.17) is 10.2 Å². The molecular formula is C7H10O3V. The van der Waals surface area contributed by atoms with Crippen LogP contribution in [0.2, 0.25) is 0 Å². The van der Waals surface area contributed by atoms with Gasteiger partial charge in [-0.15, -0.1) is 0 Å². The predicted molar refractivity (Wildman–Crippen MR) is 35.0 cm³/mol. The van der Waals surface area contributed by atoms with Gasteiger partial charge in [0.1, 0.15) is 0 Å². The number of aliphatic carboxylic acids is 1. The number of hydrogen-bond donors (Lipinski definition) is 2. The molecule has 3 nitrogen and oxygen atoms in total. The van der Waals surface area contributed by atoms with Crippen molar-refractivity contribution in [2.45, 2.75) is 12.8 Å². The van der Waals surface area contributed by atoms with Gasteiger partial charge < -0.3 is 17.1 Å². The second-order valence-corrected chi connectivity index (χ2v) is 2.92. The number of carboxylic acid groups (broad SMARTS) is 1. The first kappa shape index (κ1) is 10.9. The molecule has 0 unspecified atom stereocenters. The number of carbonyl (C=O) groups is 1. The zero-order valence-corrected chi connectivity index (χ0v) is 7.48. The van der Waals surface area contributed by atoms with Crippen molar-refractivity contribution in [3.05, 3.63) is 12.8 Å².